The van der Waals surface area contributed by atoms with Gasteiger partial charge in [0.1, 0.15) is 0 Å². The molecule has 1 nitrogen and oxygen atoms in total. The Morgan fingerprint density at radius 3 is 2.45 bits per heavy atom. The van der Waals surface area contributed by atoms with E-state index in [4.69, 9.17) is 4.42 Å². The van der Waals surface area contributed by atoms with Gasteiger partial charge in [-0.15, -0.1) is 0 Å². The number of hydrogen-bond acceptors (Lipinski definition) is 0. The van der Waals surface area contributed by atoms with E-state index in [1.807, 2.05) is 12.1 Å². The summed E-state index contributed by atoms with van der Waals surface area (Å²) >= 11 is 0. The van der Waals surface area contributed by atoms with Gasteiger partial charge in [0.15, 0.2) is 0 Å². The first-order chi connectivity index (χ1) is 5.29. The molecule has 0 atom stereocenters. The molecule has 1 heteroatoms. The predicted molar refractivity (Wildman–Crippen MR) is 47.0 cm³/mol. The molecule has 0 aliphatic heterocycles. The van der Waals surface area contributed by atoms with Gasteiger partial charge in [-0.25, -0.2) is 4.42 Å². The summed E-state index contributed by atoms with van der Waals surface area (Å²) in [6, 6.07) is 3.89. The molecular weight excluding hydrogens is 136 g/mol. The van der Waals surface area contributed by atoms with E-state index in [0.717, 1.165) is 0 Å². The first kappa shape index (κ1) is 7.99. The lowest BCUT2D eigenvalue weighted by Crippen LogP contribution is -1.76. The highest BCUT2D eigenvalue weighted by Crippen LogP contribution is 2.03. The first-order valence-electron chi connectivity index (χ1n) is 3.83. The van der Waals surface area contributed by atoms with Gasteiger partial charge in [-0.3, -0.25) is 0 Å². The van der Waals surface area contributed by atoms with Gasteiger partial charge in [0.05, 0.1) is 0 Å². The molecule has 11 heavy (non-hydrogen) atoms. The normalized spacial score (nSPS) is 11.2. The van der Waals surface area contributed by atoms with Crippen molar-refractivity contribution in [3.8, 4) is 0 Å². The number of hydrogen-bond donors (Lipinski definition) is 0. The van der Waals surface area contributed by atoms with Crippen LogP contribution in [0.3, 0.4) is 0 Å². The summed E-state index contributed by atoms with van der Waals surface area (Å²) in [7, 11) is 0. The third kappa shape index (κ3) is 2.99. The van der Waals surface area contributed by atoms with E-state index >= 15 is 0 Å². The molecule has 0 spiro atoms. The van der Waals surface area contributed by atoms with Crippen molar-refractivity contribution in [1.29, 1.82) is 0 Å². The van der Waals surface area contributed by atoms with Crippen molar-refractivity contribution in [1.82, 2.24) is 0 Å². The summed E-state index contributed by atoms with van der Waals surface area (Å²) in [5.41, 5.74) is 1.19. The third-order valence-electron chi connectivity index (χ3n) is 1.35. The molecule has 0 fully saturated rings. The maximum Gasteiger partial charge on any atom is 0.318 e. The molecule has 58 valence electrons. The average Bonchev–Trinajstić information content (AvgIpc) is 2.03. The average molecular weight is 149 g/mol. The van der Waals surface area contributed by atoms with Gasteiger partial charge < -0.3 is 0 Å². The molecule has 1 aromatic rings. The second-order valence-corrected chi connectivity index (χ2v) is 2.84. The van der Waals surface area contributed by atoms with Crippen LogP contribution in [0, 0.1) is 5.92 Å². The lowest BCUT2D eigenvalue weighted by Gasteiger charge is -1.91. The predicted octanol–water partition coefficient (Wildman–Crippen LogP) is 3.23. The quantitative estimate of drug-likeness (QED) is 0.587. The summed E-state index contributed by atoms with van der Waals surface area (Å²) in [6.07, 6.45) is 7.62. The molecule has 1 heterocycles. The van der Waals surface area contributed by atoms with Crippen molar-refractivity contribution in [2.45, 2.75) is 13.8 Å². The smallest absolute Gasteiger partial charge is 0.224 e. The molecule has 0 aliphatic carbocycles. The molecule has 0 saturated carbocycles. The molecule has 1 rings (SSSR count). The lowest BCUT2D eigenvalue weighted by molar-refractivity contribution is 0.549. The topological polar surface area (TPSA) is 11.3 Å². The van der Waals surface area contributed by atoms with Crippen LogP contribution >= 0.6 is 0 Å². The molecule has 0 radical (unpaired) electrons. The van der Waals surface area contributed by atoms with Gasteiger partial charge in [0.2, 0.25) is 0 Å². The SMILES string of the molecule is CC(C)/C=C/c1cc[o+]cc1. The second kappa shape index (κ2) is 3.91. The maximum atomic E-state index is 4.89. The molecule has 0 aliphatic rings. The van der Waals surface area contributed by atoms with E-state index in [-0.39, 0.29) is 0 Å². The van der Waals surface area contributed by atoms with Crippen LogP contribution in [0.15, 0.2) is 35.2 Å². The molecule has 0 N–H and O–H groups in total. The summed E-state index contributed by atoms with van der Waals surface area (Å²) in [5.74, 6) is 0.604. The highest BCUT2D eigenvalue weighted by atomic mass is 16.3. The fourth-order valence-electron chi connectivity index (χ4n) is 0.751. The molecule has 0 amide bonds. The summed E-state index contributed by atoms with van der Waals surface area (Å²) in [4.78, 5) is 0. The second-order valence-electron chi connectivity index (χ2n) is 2.84. The van der Waals surface area contributed by atoms with E-state index in [9.17, 15) is 0 Å². The van der Waals surface area contributed by atoms with Crippen LogP contribution in [0.25, 0.3) is 6.08 Å². The van der Waals surface area contributed by atoms with Gasteiger partial charge in [-0.1, -0.05) is 26.0 Å². The van der Waals surface area contributed by atoms with E-state index in [1.54, 1.807) is 12.5 Å². The minimum absolute atomic E-state index is 0.604. The zero-order valence-electron chi connectivity index (χ0n) is 6.95. The van der Waals surface area contributed by atoms with Crippen molar-refractivity contribution >= 4 is 6.08 Å². The monoisotopic (exact) mass is 149 g/mol. The van der Waals surface area contributed by atoms with Crippen LogP contribution in [-0.4, -0.2) is 0 Å². The maximum absolute atomic E-state index is 4.89. The van der Waals surface area contributed by atoms with Crippen LogP contribution in [0.4, 0.5) is 0 Å². The van der Waals surface area contributed by atoms with E-state index in [0.29, 0.717) is 5.92 Å². The Labute approximate surface area is 67.4 Å². The Bertz CT molecular complexity index is 224. The Kier molecular flexibility index (Phi) is 2.84. The minimum Gasteiger partial charge on any atom is -0.224 e. The van der Waals surface area contributed by atoms with Gasteiger partial charge in [0.25, 0.3) is 0 Å². The fourth-order valence-corrected chi connectivity index (χ4v) is 0.751. The van der Waals surface area contributed by atoms with Crippen molar-refractivity contribution < 1.29 is 4.42 Å². The Hall–Kier alpha value is -1.11. The van der Waals surface area contributed by atoms with Crippen LogP contribution < -0.4 is 0 Å². The third-order valence-corrected chi connectivity index (χ3v) is 1.35. The Morgan fingerprint density at radius 2 is 1.91 bits per heavy atom. The summed E-state index contributed by atoms with van der Waals surface area (Å²) in [5, 5.41) is 0. The highest BCUT2D eigenvalue weighted by molar-refractivity contribution is 5.47. The molecule has 1 aromatic heterocycles. The number of rotatable bonds is 2. The zero-order valence-corrected chi connectivity index (χ0v) is 6.95. The highest BCUT2D eigenvalue weighted by Gasteiger charge is 1.90. The van der Waals surface area contributed by atoms with Gasteiger partial charge in [0, 0.05) is 12.1 Å². The molecule has 0 aromatic carbocycles. The van der Waals surface area contributed by atoms with Crippen LogP contribution in [0.2, 0.25) is 0 Å². The molecule has 0 unspecified atom stereocenters. The van der Waals surface area contributed by atoms with E-state index < -0.39 is 0 Å². The summed E-state index contributed by atoms with van der Waals surface area (Å²) < 4.78 is 4.89. The van der Waals surface area contributed by atoms with Gasteiger partial charge in [-0.05, 0) is 11.5 Å². The van der Waals surface area contributed by atoms with Gasteiger partial charge in [-0.2, -0.15) is 0 Å². The molecule has 0 saturated heterocycles. The molecular formula is C10H13O+. The molecule has 0 bridgehead atoms. The Morgan fingerprint density at radius 1 is 1.27 bits per heavy atom. The van der Waals surface area contributed by atoms with Gasteiger partial charge >= 0.3 is 12.5 Å². The largest absolute Gasteiger partial charge is 0.318 e. The Balaban J connectivity index is 2.65. The zero-order chi connectivity index (χ0) is 8.10. The standard InChI is InChI=1S/C10H13O/c1-9(2)3-4-10-5-7-11-8-6-10/h3-9H,1-2H3/q+1/b4-3+. The van der Waals surface area contributed by atoms with Crippen LogP contribution in [0.1, 0.15) is 19.4 Å². The van der Waals surface area contributed by atoms with Crippen molar-refractivity contribution in [2.24, 2.45) is 5.92 Å². The van der Waals surface area contributed by atoms with Crippen molar-refractivity contribution in [3.63, 3.8) is 0 Å². The van der Waals surface area contributed by atoms with Crippen molar-refractivity contribution in [3.05, 3.63) is 36.3 Å². The number of allylic oxidation sites excluding steroid dienone is 1. The minimum atomic E-state index is 0.604. The summed E-state index contributed by atoms with van der Waals surface area (Å²) in [6.45, 7) is 4.31. The lowest BCUT2D eigenvalue weighted by atomic mass is 10.1. The van der Waals surface area contributed by atoms with E-state index in [2.05, 4.69) is 26.0 Å². The fraction of sp³-hybridized carbons (Fsp3) is 0.300. The van der Waals surface area contributed by atoms with Crippen LogP contribution in [0.5, 0.6) is 0 Å². The van der Waals surface area contributed by atoms with Crippen LogP contribution in [-0.2, 0) is 0 Å². The van der Waals surface area contributed by atoms with Crippen molar-refractivity contribution in [2.75, 3.05) is 0 Å². The van der Waals surface area contributed by atoms with E-state index in [1.165, 1.54) is 5.56 Å². The first-order valence-corrected chi connectivity index (χ1v) is 3.83.